The summed E-state index contributed by atoms with van der Waals surface area (Å²) in [5.41, 5.74) is 3.43. The highest BCUT2D eigenvalue weighted by Crippen LogP contribution is 2.28. The quantitative estimate of drug-likeness (QED) is 0.518. The average molecular weight is 425 g/mol. The first-order valence-electron chi connectivity index (χ1n) is 9.76. The molecule has 154 valence electrons. The molecule has 0 saturated carbocycles. The molecule has 0 heterocycles. The maximum Gasteiger partial charge on any atom is 0.322 e. The van der Waals surface area contributed by atoms with Crippen LogP contribution in [0.1, 0.15) is 16.7 Å². The number of benzene rings is 3. The van der Waals surface area contributed by atoms with Crippen molar-refractivity contribution in [3.05, 3.63) is 95.1 Å². The van der Waals surface area contributed by atoms with Gasteiger partial charge in [0.25, 0.3) is 0 Å². The van der Waals surface area contributed by atoms with Gasteiger partial charge in [-0.2, -0.15) is 0 Å². The zero-order valence-electron chi connectivity index (χ0n) is 16.6. The minimum absolute atomic E-state index is 0.0281. The fourth-order valence-corrected chi connectivity index (χ4v) is 4.24. The second-order valence-corrected chi connectivity index (χ2v) is 8.24. The standard InChI is InChI=1S/C24H22F2N2OS/c1-30-21-9-6-16(7-10-21)15-28(20-12-17-4-2-3-5-18(17)13-20)24(29)27-23-11-8-19(25)14-22(23)26/h2-11,14,20H,12-13,15H2,1H3,(H,27,29). The molecule has 1 aliphatic rings. The van der Waals surface area contributed by atoms with Gasteiger partial charge in [0.1, 0.15) is 11.6 Å². The summed E-state index contributed by atoms with van der Waals surface area (Å²) in [6.07, 6.45) is 3.51. The van der Waals surface area contributed by atoms with Gasteiger partial charge in [0.2, 0.25) is 0 Å². The van der Waals surface area contributed by atoms with E-state index in [1.54, 1.807) is 16.7 Å². The molecule has 1 aliphatic carbocycles. The second-order valence-electron chi connectivity index (χ2n) is 7.36. The van der Waals surface area contributed by atoms with E-state index in [1.807, 2.05) is 42.7 Å². The van der Waals surface area contributed by atoms with Crippen LogP contribution in [0.5, 0.6) is 0 Å². The van der Waals surface area contributed by atoms with E-state index in [1.165, 1.54) is 17.2 Å². The molecule has 30 heavy (non-hydrogen) atoms. The van der Waals surface area contributed by atoms with E-state index in [-0.39, 0.29) is 11.7 Å². The number of amides is 2. The van der Waals surface area contributed by atoms with Crippen LogP contribution >= 0.6 is 11.8 Å². The number of fused-ring (bicyclic) bond motifs is 1. The summed E-state index contributed by atoms with van der Waals surface area (Å²) in [6.45, 7) is 0.405. The molecular formula is C24H22F2N2OS. The summed E-state index contributed by atoms with van der Waals surface area (Å²) in [7, 11) is 0. The predicted octanol–water partition coefficient (Wildman–Crippen LogP) is 5.89. The van der Waals surface area contributed by atoms with Crippen LogP contribution in [-0.2, 0) is 19.4 Å². The number of thioether (sulfide) groups is 1. The Hall–Kier alpha value is -2.86. The van der Waals surface area contributed by atoms with Gasteiger partial charge in [0.15, 0.2) is 0 Å². The van der Waals surface area contributed by atoms with Gasteiger partial charge in [-0.15, -0.1) is 11.8 Å². The molecule has 0 unspecified atom stereocenters. The molecule has 3 aromatic rings. The zero-order chi connectivity index (χ0) is 21.1. The SMILES string of the molecule is CSc1ccc(CN(C(=O)Nc2ccc(F)cc2F)C2Cc3ccccc3C2)cc1. The first-order valence-corrected chi connectivity index (χ1v) is 11.0. The monoisotopic (exact) mass is 424 g/mol. The molecule has 0 spiro atoms. The van der Waals surface area contributed by atoms with Crippen molar-refractivity contribution in [1.29, 1.82) is 0 Å². The van der Waals surface area contributed by atoms with Crippen molar-refractivity contribution < 1.29 is 13.6 Å². The maximum atomic E-state index is 14.1. The normalized spacial score (nSPS) is 13.2. The van der Waals surface area contributed by atoms with E-state index in [2.05, 4.69) is 17.4 Å². The third-order valence-electron chi connectivity index (χ3n) is 5.42. The highest BCUT2D eigenvalue weighted by molar-refractivity contribution is 7.98. The van der Waals surface area contributed by atoms with Crippen molar-refractivity contribution in [2.75, 3.05) is 11.6 Å². The van der Waals surface area contributed by atoms with Gasteiger partial charge in [-0.3, -0.25) is 0 Å². The minimum atomic E-state index is -0.790. The van der Waals surface area contributed by atoms with Gasteiger partial charge in [0.05, 0.1) is 5.69 Å². The van der Waals surface area contributed by atoms with Crippen molar-refractivity contribution in [3.8, 4) is 0 Å². The Bertz CT molecular complexity index is 1030. The Labute approximate surface area is 179 Å². The van der Waals surface area contributed by atoms with Crippen molar-refractivity contribution >= 4 is 23.5 Å². The van der Waals surface area contributed by atoms with Crippen molar-refractivity contribution in [2.24, 2.45) is 0 Å². The van der Waals surface area contributed by atoms with Gasteiger partial charge in [0, 0.05) is 23.5 Å². The lowest BCUT2D eigenvalue weighted by atomic mass is 10.1. The average Bonchev–Trinajstić information content (AvgIpc) is 3.18. The number of carbonyl (C=O) groups is 1. The number of urea groups is 1. The van der Waals surface area contributed by atoms with Crippen LogP contribution in [0.2, 0.25) is 0 Å². The summed E-state index contributed by atoms with van der Waals surface area (Å²) in [5, 5.41) is 2.63. The van der Waals surface area contributed by atoms with Crippen LogP contribution in [0.25, 0.3) is 0 Å². The van der Waals surface area contributed by atoms with E-state index in [0.717, 1.165) is 35.4 Å². The molecule has 6 heteroatoms. The van der Waals surface area contributed by atoms with Crippen molar-refractivity contribution in [1.82, 2.24) is 4.90 Å². The zero-order valence-corrected chi connectivity index (χ0v) is 17.4. The smallest absolute Gasteiger partial charge is 0.317 e. The van der Waals surface area contributed by atoms with E-state index in [9.17, 15) is 13.6 Å². The van der Waals surface area contributed by atoms with E-state index in [4.69, 9.17) is 0 Å². The fourth-order valence-electron chi connectivity index (χ4n) is 3.83. The van der Waals surface area contributed by atoms with Crippen molar-refractivity contribution in [2.45, 2.75) is 30.3 Å². The molecule has 1 N–H and O–H groups in total. The third-order valence-corrected chi connectivity index (χ3v) is 6.16. The highest BCUT2D eigenvalue weighted by atomic mass is 32.2. The molecule has 0 atom stereocenters. The lowest BCUT2D eigenvalue weighted by Gasteiger charge is -2.29. The largest absolute Gasteiger partial charge is 0.322 e. The number of hydrogen-bond donors (Lipinski definition) is 1. The lowest BCUT2D eigenvalue weighted by molar-refractivity contribution is 0.185. The third kappa shape index (κ3) is 4.49. The Morgan fingerprint density at radius 2 is 1.70 bits per heavy atom. The van der Waals surface area contributed by atoms with Gasteiger partial charge in [-0.1, -0.05) is 36.4 Å². The first kappa shape index (κ1) is 20.4. The number of hydrogen-bond acceptors (Lipinski definition) is 2. The molecule has 4 rings (SSSR count). The summed E-state index contributed by atoms with van der Waals surface area (Å²) >= 11 is 1.66. The van der Waals surface area contributed by atoms with Gasteiger partial charge in [-0.25, -0.2) is 13.6 Å². The van der Waals surface area contributed by atoms with Crippen molar-refractivity contribution in [3.63, 3.8) is 0 Å². The van der Waals surface area contributed by atoms with E-state index < -0.39 is 17.7 Å². The Kier molecular flexibility index (Phi) is 6.04. The summed E-state index contributed by atoms with van der Waals surface area (Å²) in [5.74, 6) is -1.47. The molecule has 3 aromatic carbocycles. The summed E-state index contributed by atoms with van der Waals surface area (Å²) < 4.78 is 27.3. The highest BCUT2D eigenvalue weighted by Gasteiger charge is 2.30. The van der Waals surface area contributed by atoms with Crippen LogP contribution in [0.3, 0.4) is 0 Å². The number of rotatable bonds is 5. The van der Waals surface area contributed by atoms with Crippen LogP contribution < -0.4 is 5.32 Å². The van der Waals surface area contributed by atoms with E-state index in [0.29, 0.717) is 6.54 Å². The molecule has 0 saturated heterocycles. The molecule has 0 bridgehead atoms. The van der Waals surface area contributed by atoms with Gasteiger partial charge < -0.3 is 10.2 Å². The number of halogens is 2. The minimum Gasteiger partial charge on any atom is -0.317 e. The van der Waals surface area contributed by atoms with Crippen LogP contribution in [0, 0.1) is 11.6 Å². The Morgan fingerprint density at radius 1 is 1.03 bits per heavy atom. The summed E-state index contributed by atoms with van der Waals surface area (Å²) in [4.78, 5) is 16.1. The maximum absolute atomic E-state index is 14.1. The molecular weight excluding hydrogens is 402 g/mol. The van der Waals surface area contributed by atoms with Crippen LogP contribution in [0.4, 0.5) is 19.3 Å². The number of nitrogens with zero attached hydrogens (tertiary/aromatic N) is 1. The van der Waals surface area contributed by atoms with Crippen LogP contribution in [0.15, 0.2) is 71.6 Å². The summed E-state index contributed by atoms with van der Waals surface area (Å²) in [6, 6.07) is 19.0. The molecule has 0 aromatic heterocycles. The number of anilines is 1. The lowest BCUT2D eigenvalue weighted by Crippen LogP contribution is -2.43. The molecule has 2 amide bonds. The molecule has 0 fully saturated rings. The number of nitrogens with one attached hydrogen (secondary N) is 1. The van der Waals surface area contributed by atoms with Gasteiger partial charge >= 0.3 is 6.03 Å². The second kappa shape index (κ2) is 8.88. The molecule has 0 radical (unpaired) electrons. The molecule has 0 aliphatic heterocycles. The first-order chi connectivity index (χ1) is 14.5. The van der Waals surface area contributed by atoms with Gasteiger partial charge in [-0.05, 0) is 60.1 Å². The number of carbonyl (C=O) groups excluding carboxylic acids is 1. The fraction of sp³-hybridized carbons (Fsp3) is 0.208. The van der Waals surface area contributed by atoms with Crippen LogP contribution in [-0.4, -0.2) is 23.2 Å². The Morgan fingerprint density at radius 3 is 2.30 bits per heavy atom. The van der Waals surface area contributed by atoms with E-state index >= 15 is 0 Å². The Balaban J connectivity index is 1.58. The predicted molar refractivity (Wildman–Crippen MR) is 117 cm³/mol. The molecule has 3 nitrogen and oxygen atoms in total. The topological polar surface area (TPSA) is 32.3 Å².